The molecule has 1 aliphatic carbocycles. The number of thiazole rings is 1. The predicted octanol–water partition coefficient (Wildman–Crippen LogP) is 3.49. The van der Waals surface area contributed by atoms with Gasteiger partial charge in [-0.25, -0.2) is 4.98 Å². The highest BCUT2D eigenvalue weighted by Crippen LogP contribution is 2.43. The highest BCUT2D eigenvalue weighted by Gasteiger charge is 2.39. The van der Waals surface area contributed by atoms with E-state index in [1.807, 2.05) is 12.4 Å². The molecule has 1 heterocycles. The van der Waals surface area contributed by atoms with Crippen LogP contribution in [0.4, 0.5) is 0 Å². The van der Waals surface area contributed by atoms with Crippen molar-refractivity contribution in [3.05, 3.63) is 41.0 Å². The lowest BCUT2D eigenvalue weighted by Crippen LogP contribution is -2.18. The molecule has 0 spiro atoms. The SMILES string of the molecule is Cc1ncsc1-c1ccc(C2(N)CC2)cc1.Cl. The van der Waals surface area contributed by atoms with Gasteiger partial charge in [0.1, 0.15) is 0 Å². The van der Waals surface area contributed by atoms with Gasteiger partial charge in [0.2, 0.25) is 0 Å². The summed E-state index contributed by atoms with van der Waals surface area (Å²) in [5.74, 6) is 0. The third kappa shape index (κ3) is 2.23. The fourth-order valence-corrected chi connectivity index (χ4v) is 2.77. The summed E-state index contributed by atoms with van der Waals surface area (Å²) in [5, 5.41) is 0. The van der Waals surface area contributed by atoms with Gasteiger partial charge in [0.25, 0.3) is 0 Å². The van der Waals surface area contributed by atoms with Crippen LogP contribution in [0.25, 0.3) is 10.4 Å². The van der Waals surface area contributed by atoms with Crippen molar-refractivity contribution in [2.24, 2.45) is 5.73 Å². The van der Waals surface area contributed by atoms with Crippen molar-refractivity contribution in [1.82, 2.24) is 4.98 Å². The molecule has 1 saturated carbocycles. The zero-order valence-electron chi connectivity index (χ0n) is 9.64. The lowest BCUT2D eigenvalue weighted by molar-refractivity contribution is 0.740. The van der Waals surface area contributed by atoms with Gasteiger partial charge in [-0.05, 0) is 30.9 Å². The summed E-state index contributed by atoms with van der Waals surface area (Å²) in [4.78, 5) is 5.53. The van der Waals surface area contributed by atoms with E-state index in [0.717, 1.165) is 18.5 Å². The van der Waals surface area contributed by atoms with Crippen LogP contribution in [-0.4, -0.2) is 4.98 Å². The van der Waals surface area contributed by atoms with E-state index in [0.29, 0.717) is 0 Å². The molecule has 2 nitrogen and oxygen atoms in total. The van der Waals surface area contributed by atoms with Gasteiger partial charge in [0.15, 0.2) is 0 Å². The zero-order chi connectivity index (χ0) is 11.2. The molecule has 1 aromatic heterocycles. The molecule has 0 amide bonds. The maximum atomic E-state index is 6.16. The van der Waals surface area contributed by atoms with Crippen molar-refractivity contribution in [2.45, 2.75) is 25.3 Å². The maximum absolute atomic E-state index is 6.16. The molecule has 3 rings (SSSR count). The van der Waals surface area contributed by atoms with Crippen LogP contribution in [0.5, 0.6) is 0 Å². The van der Waals surface area contributed by atoms with Gasteiger partial charge in [0.05, 0.1) is 16.1 Å². The van der Waals surface area contributed by atoms with Gasteiger partial charge in [-0.15, -0.1) is 23.7 Å². The Labute approximate surface area is 111 Å². The lowest BCUT2D eigenvalue weighted by atomic mass is 10.0. The average molecular weight is 267 g/mol. The van der Waals surface area contributed by atoms with E-state index < -0.39 is 0 Å². The van der Waals surface area contributed by atoms with E-state index in [1.165, 1.54) is 16.0 Å². The first-order valence-electron chi connectivity index (χ1n) is 5.49. The van der Waals surface area contributed by atoms with Gasteiger partial charge < -0.3 is 5.73 Å². The first-order valence-corrected chi connectivity index (χ1v) is 6.37. The highest BCUT2D eigenvalue weighted by molar-refractivity contribution is 7.13. The van der Waals surface area contributed by atoms with E-state index in [9.17, 15) is 0 Å². The number of halogens is 1. The van der Waals surface area contributed by atoms with Crippen LogP contribution in [-0.2, 0) is 5.54 Å². The van der Waals surface area contributed by atoms with Crippen LogP contribution in [0.1, 0.15) is 24.1 Å². The Morgan fingerprint density at radius 2 is 1.88 bits per heavy atom. The van der Waals surface area contributed by atoms with Gasteiger partial charge in [-0.1, -0.05) is 24.3 Å². The highest BCUT2D eigenvalue weighted by atomic mass is 35.5. The van der Waals surface area contributed by atoms with Crippen molar-refractivity contribution in [2.75, 3.05) is 0 Å². The molecular weight excluding hydrogens is 252 g/mol. The molecule has 2 N–H and O–H groups in total. The predicted molar refractivity (Wildman–Crippen MR) is 74.6 cm³/mol. The molecule has 1 fully saturated rings. The molecule has 1 aromatic carbocycles. The molecule has 0 saturated heterocycles. The smallest absolute Gasteiger partial charge is 0.0801 e. The van der Waals surface area contributed by atoms with Crippen molar-refractivity contribution in [3.8, 4) is 10.4 Å². The number of nitrogens with zero attached hydrogens (tertiary/aromatic N) is 1. The minimum Gasteiger partial charge on any atom is -0.321 e. The normalized spacial score (nSPS) is 16.4. The van der Waals surface area contributed by atoms with Crippen LogP contribution in [0.2, 0.25) is 0 Å². The fourth-order valence-electron chi connectivity index (χ4n) is 1.96. The topological polar surface area (TPSA) is 38.9 Å². The fraction of sp³-hybridized carbons (Fsp3) is 0.308. The summed E-state index contributed by atoms with van der Waals surface area (Å²) in [6, 6.07) is 8.62. The first-order chi connectivity index (χ1) is 7.69. The number of rotatable bonds is 2. The molecule has 0 aliphatic heterocycles. The largest absolute Gasteiger partial charge is 0.321 e. The second-order valence-electron chi connectivity index (χ2n) is 4.50. The van der Waals surface area contributed by atoms with Gasteiger partial charge in [-0.2, -0.15) is 0 Å². The molecule has 0 bridgehead atoms. The Kier molecular flexibility index (Phi) is 3.25. The molecule has 1 aliphatic rings. The maximum Gasteiger partial charge on any atom is 0.0801 e. The number of aryl methyl sites for hydroxylation is 1. The van der Waals surface area contributed by atoms with Crippen LogP contribution in [0.3, 0.4) is 0 Å². The Morgan fingerprint density at radius 3 is 2.35 bits per heavy atom. The summed E-state index contributed by atoms with van der Waals surface area (Å²) in [5.41, 5.74) is 11.6. The minimum absolute atomic E-state index is 0. The standard InChI is InChI=1S/C13H14N2S.ClH/c1-9-12(16-8-15-9)10-2-4-11(5-3-10)13(14)6-7-13;/h2-5,8H,6-7,14H2,1H3;1H. The van der Waals surface area contributed by atoms with E-state index in [2.05, 4.69) is 29.2 Å². The summed E-state index contributed by atoms with van der Waals surface area (Å²) in [6.45, 7) is 2.05. The van der Waals surface area contributed by atoms with Crippen LogP contribution < -0.4 is 5.73 Å². The Balaban J connectivity index is 0.00000108. The van der Waals surface area contributed by atoms with Crippen molar-refractivity contribution < 1.29 is 0 Å². The van der Waals surface area contributed by atoms with Crippen LogP contribution >= 0.6 is 23.7 Å². The number of aromatic nitrogens is 1. The summed E-state index contributed by atoms with van der Waals surface area (Å²) in [7, 11) is 0. The molecule has 90 valence electrons. The van der Waals surface area contributed by atoms with E-state index in [4.69, 9.17) is 5.73 Å². The molecule has 0 radical (unpaired) electrons. The third-order valence-corrected chi connectivity index (χ3v) is 4.23. The Bertz CT molecular complexity index is 514. The summed E-state index contributed by atoms with van der Waals surface area (Å²) in [6.07, 6.45) is 2.23. The zero-order valence-corrected chi connectivity index (χ0v) is 11.3. The third-order valence-electron chi connectivity index (χ3n) is 3.26. The molecule has 2 aromatic rings. The number of hydrogen-bond donors (Lipinski definition) is 1. The molecular formula is C13H15ClN2S. The second-order valence-corrected chi connectivity index (χ2v) is 5.36. The molecule has 17 heavy (non-hydrogen) atoms. The lowest BCUT2D eigenvalue weighted by Gasteiger charge is -2.09. The summed E-state index contributed by atoms with van der Waals surface area (Å²) < 4.78 is 0. The van der Waals surface area contributed by atoms with Gasteiger partial charge >= 0.3 is 0 Å². The monoisotopic (exact) mass is 266 g/mol. The van der Waals surface area contributed by atoms with Gasteiger partial charge in [-0.3, -0.25) is 0 Å². The van der Waals surface area contributed by atoms with Crippen molar-refractivity contribution in [3.63, 3.8) is 0 Å². The average Bonchev–Trinajstić information content (AvgIpc) is 2.90. The van der Waals surface area contributed by atoms with E-state index in [-0.39, 0.29) is 17.9 Å². The van der Waals surface area contributed by atoms with Crippen molar-refractivity contribution in [1.29, 1.82) is 0 Å². The second kappa shape index (κ2) is 4.41. The minimum atomic E-state index is -0.0265. The van der Waals surface area contributed by atoms with Crippen LogP contribution in [0, 0.1) is 6.92 Å². The number of hydrogen-bond acceptors (Lipinski definition) is 3. The van der Waals surface area contributed by atoms with E-state index in [1.54, 1.807) is 11.3 Å². The Morgan fingerprint density at radius 1 is 1.24 bits per heavy atom. The number of nitrogens with two attached hydrogens (primary N) is 1. The quantitative estimate of drug-likeness (QED) is 0.904. The Hall–Kier alpha value is -0.900. The first kappa shape index (κ1) is 12.6. The van der Waals surface area contributed by atoms with Crippen molar-refractivity contribution >= 4 is 23.7 Å². The molecule has 0 unspecified atom stereocenters. The number of benzene rings is 1. The van der Waals surface area contributed by atoms with E-state index >= 15 is 0 Å². The molecule has 0 atom stereocenters. The van der Waals surface area contributed by atoms with Crippen LogP contribution in [0.15, 0.2) is 29.8 Å². The summed E-state index contributed by atoms with van der Waals surface area (Å²) >= 11 is 1.69. The van der Waals surface area contributed by atoms with Gasteiger partial charge in [0, 0.05) is 5.54 Å². The molecule has 4 heteroatoms.